The van der Waals surface area contributed by atoms with E-state index in [4.69, 9.17) is 4.74 Å². The fraction of sp³-hybridized carbons (Fsp3) is 0.273. The molecule has 0 aromatic heterocycles. The van der Waals surface area contributed by atoms with Crippen LogP contribution in [-0.4, -0.2) is 36.6 Å². The van der Waals surface area contributed by atoms with Crippen LogP contribution < -0.4 is 20.8 Å². The summed E-state index contributed by atoms with van der Waals surface area (Å²) in [4.78, 5) is 35.6. The van der Waals surface area contributed by atoms with Crippen molar-refractivity contribution in [3.63, 3.8) is 0 Å². The van der Waals surface area contributed by atoms with Crippen molar-refractivity contribution in [2.24, 2.45) is 5.10 Å². The summed E-state index contributed by atoms with van der Waals surface area (Å²) >= 11 is 0. The Kier molecular flexibility index (Phi) is 7.15. The molecule has 8 nitrogen and oxygen atoms in total. The number of amides is 3. The molecule has 2 aromatic rings. The molecule has 0 spiro atoms. The summed E-state index contributed by atoms with van der Waals surface area (Å²) in [6.45, 7) is 1.84. The highest BCUT2D eigenvalue weighted by atomic mass is 16.5. The zero-order valence-electron chi connectivity index (χ0n) is 16.7. The molecule has 2 aromatic carbocycles. The van der Waals surface area contributed by atoms with Gasteiger partial charge in [0.15, 0.2) is 6.61 Å². The Morgan fingerprint density at radius 2 is 1.80 bits per heavy atom. The van der Waals surface area contributed by atoms with Gasteiger partial charge in [0, 0.05) is 17.3 Å². The largest absolute Gasteiger partial charge is 0.483 e. The second kappa shape index (κ2) is 10.2. The highest BCUT2D eigenvalue weighted by molar-refractivity contribution is 6.35. The summed E-state index contributed by atoms with van der Waals surface area (Å²) in [5.41, 5.74) is 4.54. The summed E-state index contributed by atoms with van der Waals surface area (Å²) in [5, 5.41) is 9.23. The Balaban J connectivity index is 1.53. The zero-order valence-corrected chi connectivity index (χ0v) is 16.7. The number of hydrogen-bond acceptors (Lipinski definition) is 5. The maximum absolute atomic E-state index is 12.3. The minimum atomic E-state index is -0.828. The number of aryl methyl sites for hydroxylation is 1. The average Bonchev–Trinajstić information content (AvgIpc) is 3.57. The van der Waals surface area contributed by atoms with Gasteiger partial charge in [-0.3, -0.25) is 14.4 Å². The van der Waals surface area contributed by atoms with Crippen molar-refractivity contribution in [1.82, 2.24) is 10.7 Å². The fourth-order valence-corrected chi connectivity index (χ4v) is 2.69. The molecule has 8 heteroatoms. The predicted molar refractivity (Wildman–Crippen MR) is 113 cm³/mol. The monoisotopic (exact) mass is 408 g/mol. The molecule has 30 heavy (non-hydrogen) atoms. The Morgan fingerprint density at radius 3 is 2.57 bits per heavy atom. The molecule has 1 fully saturated rings. The average molecular weight is 408 g/mol. The van der Waals surface area contributed by atoms with Crippen molar-refractivity contribution in [3.8, 4) is 5.75 Å². The number of rotatable bonds is 8. The lowest BCUT2D eigenvalue weighted by Gasteiger charge is -2.11. The predicted octanol–water partition coefficient (Wildman–Crippen LogP) is 2.00. The molecule has 1 aliphatic rings. The zero-order chi connectivity index (χ0) is 21.3. The van der Waals surface area contributed by atoms with Crippen LogP contribution in [0.4, 0.5) is 5.69 Å². The lowest BCUT2D eigenvalue weighted by molar-refractivity contribution is -0.139. The summed E-state index contributed by atoms with van der Waals surface area (Å²) in [7, 11) is 0. The third-order valence-electron chi connectivity index (χ3n) is 4.44. The normalized spacial score (nSPS) is 13.0. The van der Waals surface area contributed by atoms with E-state index >= 15 is 0 Å². The maximum Gasteiger partial charge on any atom is 0.329 e. The first-order chi connectivity index (χ1) is 14.6. The van der Waals surface area contributed by atoms with Gasteiger partial charge in [0.1, 0.15) is 5.75 Å². The number of benzene rings is 2. The number of carbonyl (C=O) groups excluding carboxylic acids is 3. The summed E-state index contributed by atoms with van der Waals surface area (Å²) < 4.78 is 5.62. The topological polar surface area (TPSA) is 109 Å². The van der Waals surface area contributed by atoms with Crippen LogP contribution in [-0.2, 0) is 20.8 Å². The summed E-state index contributed by atoms with van der Waals surface area (Å²) in [6, 6.07) is 14.6. The summed E-state index contributed by atoms with van der Waals surface area (Å²) in [5.74, 6) is -1.39. The maximum atomic E-state index is 12.3. The molecule has 3 N–H and O–H groups in total. The van der Waals surface area contributed by atoms with E-state index in [1.54, 1.807) is 24.3 Å². The van der Waals surface area contributed by atoms with Gasteiger partial charge in [-0.15, -0.1) is 0 Å². The molecule has 1 aliphatic carbocycles. The van der Waals surface area contributed by atoms with Crippen molar-refractivity contribution in [1.29, 1.82) is 0 Å². The van der Waals surface area contributed by atoms with Crippen LogP contribution >= 0.6 is 0 Å². The number of hydrazone groups is 1. The van der Waals surface area contributed by atoms with Gasteiger partial charge < -0.3 is 15.4 Å². The van der Waals surface area contributed by atoms with Crippen molar-refractivity contribution in [2.75, 3.05) is 11.9 Å². The molecule has 0 heterocycles. The Hall–Kier alpha value is -3.68. The first kappa shape index (κ1) is 21.0. The lowest BCUT2D eigenvalue weighted by Crippen LogP contribution is -2.38. The van der Waals surface area contributed by atoms with E-state index in [-0.39, 0.29) is 18.6 Å². The number of ether oxygens (including phenoxy) is 1. The third-order valence-corrected chi connectivity index (χ3v) is 4.44. The van der Waals surface area contributed by atoms with Crippen LogP contribution in [0.2, 0.25) is 0 Å². The van der Waals surface area contributed by atoms with Crippen LogP contribution in [0, 0.1) is 0 Å². The first-order valence-corrected chi connectivity index (χ1v) is 9.80. The molecule has 0 aliphatic heterocycles. The van der Waals surface area contributed by atoms with Gasteiger partial charge in [-0.1, -0.05) is 37.3 Å². The van der Waals surface area contributed by atoms with Gasteiger partial charge in [0.05, 0.1) is 6.21 Å². The van der Waals surface area contributed by atoms with Gasteiger partial charge >= 0.3 is 11.8 Å². The number of nitrogens with one attached hydrogen (secondary N) is 3. The standard InChI is InChI=1S/C22H24N4O4/c1-2-15-7-3-5-9-18(15)25-20(27)14-30-19-10-6-4-8-16(19)13-23-26-22(29)21(28)24-17-11-12-17/h3-10,13,17H,2,11-12,14H2,1H3,(H,24,28)(H,25,27)(H,26,29)/b23-13-. The highest BCUT2D eigenvalue weighted by Crippen LogP contribution is 2.19. The Morgan fingerprint density at radius 1 is 1.07 bits per heavy atom. The van der Waals surface area contributed by atoms with Crippen molar-refractivity contribution in [3.05, 3.63) is 59.7 Å². The molecule has 0 atom stereocenters. The highest BCUT2D eigenvalue weighted by Gasteiger charge is 2.26. The van der Waals surface area contributed by atoms with Gasteiger partial charge in [0.2, 0.25) is 0 Å². The Labute approximate surface area is 174 Å². The first-order valence-electron chi connectivity index (χ1n) is 9.80. The molecular formula is C22H24N4O4. The van der Waals surface area contributed by atoms with E-state index in [2.05, 4.69) is 21.2 Å². The second-order valence-electron chi connectivity index (χ2n) is 6.83. The third kappa shape index (κ3) is 6.16. The number of anilines is 1. The minimum Gasteiger partial charge on any atom is -0.483 e. The quantitative estimate of drug-likeness (QED) is 0.353. The van der Waals surface area contributed by atoms with Crippen LogP contribution in [0.3, 0.4) is 0 Å². The van der Waals surface area contributed by atoms with E-state index in [1.807, 2.05) is 31.2 Å². The SMILES string of the molecule is CCc1ccccc1NC(=O)COc1ccccc1/C=N\NC(=O)C(=O)NC1CC1. The van der Waals surface area contributed by atoms with Crippen molar-refractivity contribution in [2.45, 2.75) is 32.2 Å². The minimum absolute atomic E-state index is 0.0943. The molecule has 0 radical (unpaired) electrons. The molecule has 0 unspecified atom stereocenters. The van der Waals surface area contributed by atoms with Gasteiger partial charge in [-0.05, 0) is 43.0 Å². The van der Waals surface area contributed by atoms with Crippen molar-refractivity contribution >= 4 is 29.6 Å². The molecule has 1 saturated carbocycles. The van der Waals surface area contributed by atoms with E-state index in [0.717, 1.165) is 30.5 Å². The van der Waals surface area contributed by atoms with Crippen LogP contribution in [0.1, 0.15) is 30.9 Å². The molecular weight excluding hydrogens is 384 g/mol. The van der Waals surface area contributed by atoms with Crippen molar-refractivity contribution < 1.29 is 19.1 Å². The number of nitrogens with zero attached hydrogens (tertiary/aromatic N) is 1. The van der Waals surface area contributed by atoms with E-state index in [0.29, 0.717) is 11.3 Å². The molecule has 3 rings (SSSR count). The van der Waals surface area contributed by atoms with Crippen LogP contribution in [0.15, 0.2) is 53.6 Å². The lowest BCUT2D eigenvalue weighted by atomic mass is 10.1. The smallest absolute Gasteiger partial charge is 0.329 e. The van der Waals surface area contributed by atoms with E-state index in [9.17, 15) is 14.4 Å². The molecule has 0 saturated heterocycles. The number of hydrogen-bond donors (Lipinski definition) is 3. The molecule has 156 valence electrons. The number of para-hydroxylation sites is 2. The van der Waals surface area contributed by atoms with Gasteiger partial charge in [-0.25, -0.2) is 5.43 Å². The van der Waals surface area contributed by atoms with E-state index in [1.165, 1.54) is 6.21 Å². The van der Waals surface area contributed by atoms with Crippen LogP contribution in [0.5, 0.6) is 5.75 Å². The fourth-order valence-electron chi connectivity index (χ4n) is 2.69. The van der Waals surface area contributed by atoms with Gasteiger partial charge in [0.25, 0.3) is 5.91 Å². The molecule has 0 bridgehead atoms. The summed E-state index contributed by atoms with van der Waals surface area (Å²) in [6.07, 6.45) is 3.96. The van der Waals surface area contributed by atoms with Gasteiger partial charge in [-0.2, -0.15) is 5.10 Å². The van der Waals surface area contributed by atoms with Crippen LogP contribution in [0.25, 0.3) is 0 Å². The Bertz CT molecular complexity index is 954. The molecule has 3 amide bonds. The number of carbonyl (C=O) groups is 3. The second-order valence-corrected chi connectivity index (χ2v) is 6.83. The van der Waals surface area contributed by atoms with E-state index < -0.39 is 11.8 Å².